The molecule has 0 aliphatic carbocycles. The molecule has 0 aliphatic rings. The number of allylic oxidation sites excluding steroid dienone is 1. The van der Waals surface area contributed by atoms with Crippen LogP contribution >= 0.6 is 0 Å². The van der Waals surface area contributed by atoms with Crippen LogP contribution in [0, 0.1) is 0 Å². The molecular weight excluding hydrogens is 262 g/mol. The van der Waals surface area contributed by atoms with Gasteiger partial charge < -0.3 is 4.90 Å². The Kier molecular flexibility index (Phi) is 4.67. The largest absolute Gasteiger partial charge is 0.317 e. The van der Waals surface area contributed by atoms with Crippen LogP contribution in [0.5, 0.6) is 0 Å². The predicted molar refractivity (Wildman–Crippen MR) is 85.2 cm³/mol. The Morgan fingerprint density at radius 3 is 1.43 bits per heavy atom. The number of hydrogen-bond donors (Lipinski definition) is 0. The van der Waals surface area contributed by atoms with Crippen LogP contribution < -0.4 is 4.90 Å². The molecule has 0 amide bonds. The van der Waals surface area contributed by atoms with E-state index in [9.17, 15) is 9.59 Å². The van der Waals surface area contributed by atoms with Crippen LogP contribution in [0.4, 0.5) is 11.4 Å². The molecule has 0 fully saturated rings. The van der Waals surface area contributed by atoms with Crippen molar-refractivity contribution in [3.05, 3.63) is 71.4 Å². The highest BCUT2D eigenvalue weighted by Crippen LogP contribution is 2.27. The molecule has 0 aromatic heterocycles. The first kappa shape index (κ1) is 14.7. The highest BCUT2D eigenvalue weighted by Gasteiger charge is 2.07. The molecule has 0 radical (unpaired) electrons. The molecule has 3 nitrogen and oxygen atoms in total. The maximum Gasteiger partial charge on any atom is 0.150 e. The number of rotatable bonds is 5. The van der Waals surface area contributed by atoms with E-state index in [1.807, 2.05) is 49.2 Å². The van der Waals surface area contributed by atoms with Crippen LogP contribution in [0.1, 0.15) is 34.6 Å². The van der Waals surface area contributed by atoms with Crippen LogP contribution in [-0.4, -0.2) is 12.6 Å². The molecule has 2 rings (SSSR count). The van der Waals surface area contributed by atoms with Gasteiger partial charge in [0.15, 0.2) is 0 Å². The van der Waals surface area contributed by atoms with E-state index >= 15 is 0 Å². The minimum atomic E-state index is 0.646. The van der Waals surface area contributed by atoms with Crippen molar-refractivity contribution in [1.82, 2.24) is 0 Å². The van der Waals surface area contributed by atoms with Crippen molar-refractivity contribution in [2.45, 2.75) is 13.8 Å². The van der Waals surface area contributed by atoms with Gasteiger partial charge in [-0.3, -0.25) is 9.59 Å². The number of nitrogens with zero attached hydrogens (tertiary/aromatic N) is 1. The highest BCUT2D eigenvalue weighted by atomic mass is 16.1. The second-order valence-electron chi connectivity index (χ2n) is 5.00. The monoisotopic (exact) mass is 279 g/mol. The summed E-state index contributed by atoms with van der Waals surface area (Å²) in [6.45, 7) is 4.04. The van der Waals surface area contributed by atoms with Gasteiger partial charge in [0.25, 0.3) is 0 Å². The van der Waals surface area contributed by atoms with E-state index in [1.54, 1.807) is 24.3 Å². The minimum Gasteiger partial charge on any atom is -0.317 e. The third-order valence-corrected chi connectivity index (χ3v) is 3.00. The second-order valence-corrected chi connectivity index (χ2v) is 5.00. The molecule has 0 spiro atoms. The number of benzene rings is 2. The van der Waals surface area contributed by atoms with Gasteiger partial charge >= 0.3 is 0 Å². The third kappa shape index (κ3) is 3.66. The molecule has 21 heavy (non-hydrogen) atoms. The van der Waals surface area contributed by atoms with Crippen LogP contribution in [0.25, 0.3) is 0 Å². The molecule has 2 aromatic carbocycles. The summed E-state index contributed by atoms with van der Waals surface area (Å²) in [4.78, 5) is 23.5. The zero-order valence-corrected chi connectivity index (χ0v) is 12.1. The van der Waals surface area contributed by atoms with Crippen molar-refractivity contribution < 1.29 is 9.59 Å². The highest BCUT2D eigenvalue weighted by molar-refractivity contribution is 5.78. The SMILES string of the molecule is CC(C)=CN(c1ccc(C=O)cc1)c1ccc(C=O)cc1. The molecule has 3 heteroatoms. The number of hydrogen-bond acceptors (Lipinski definition) is 3. The predicted octanol–water partition coefficient (Wildman–Crippen LogP) is 4.37. The Hall–Kier alpha value is -2.68. The van der Waals surface area contributed by atoms with Crippen molar-refractivity contribution in [1.29, 1.82) is 0 Å². The van der Waals surface area contributed by atoms with Crippen LogP contribution in [0.2, 0.25) is 0 Å². The third-order valence-electron chi connectivity index (χ3n) is 3.00. The van der Waals surface area contributed by atoms with E-state index in [2.05, 4.69) is 0 Å². The van der Waals surface area contributed by atoms with Crippen molar-refractivity contribution in [3.8, 4) is 0 Å². The molecule has 106 valence electrons. The molecule has 0 saturated carbocycles. The molecule has 0 aliphatic heterocycles. The van der Waals surface area contributed by atoms with E-state index in [-0.39, 0.29) is 0 Å². The van der Waals surface area contributed by atoms with Gasteiger partial charge in [-0.05, 0) is 62.4 Å². The van der Waals surface area contributed by atoms with Gasteiger partial charge in [0, 0.05) is 28.7 Å². The molecule has 0 heterocycles. The number of carbonyl (C=O) groups excluding carboxylic acids is 2. The standard InChI is InChI=1S/C18H17NO2/c1-14(2)11-19(17-7-3-15(12-20)4-8-17)18-9-5-16(13-21)6-10-18/h3-13H,1-2H3. The van der Waals surface area contributed by atoms with E-state index in [1.165, 1.54) is 0 Å². The molecule has 0 bridgehead atoms. The van der Waals surface area contributed by atoms with E-state index in [0.717, 1.165) is 29.5 Å². The summed E-state index contributed by atoms with van der Waals surface area (Å²) < 4.78 is 0. The summed E-state index contributed by atoms with van der Waals surface area (Å²) in [6.07, 6.45) is 3.67. The zero-order chi connectivity index (χ0) is 15.2. The topological polar surface area (TPSA) is 37.4 Å². The maximum atomic E-state index is 10.7. The lowest BCUT2D eigenvalue weighted by Gasteiger charge is -2.22. The Morgan fingerprint density at radius 1 is 0.762 bits per heavy atom. The van der Waals surface area contributed by atoms with Crippen LogP contribution in [-0.2, 0) is 0 Å². The first-order chi connectivity index (χ1) is 10.1. The van der Waals surface area contributed by atoms with Crippen molar-refractivity contribution >= 4 is 23.9 Å². The second kappa shape index (κ2) is 6.66. The van der Waals surface area contributed by atoms with Gasteiger partial charge in [0.05, 0.1) is 0 Å². The van der Waals surface area contributed by atoms with Crippen molar-refractivity contribution in [3.63, 3.8) is 0 Å². The number of anilines is 2. The van der Waals surface area contributed by atoms with Gasteiger partial charge in [0.2, 0.25) is 0 Å². The summed E-state index contributed by atoms with van der Waals surface area (Å²) in [5.74, 6) is 0. The average Bonchev–Trinajstić information content (AvgIpc) is 2.53. The summed E-state index contributed by atoms with van der Waals surface area (Å²) in [5.41, 5.74) is 4.36. The molecule has 0 saturated heterocycles. The first-order valence-electron chi connectivity index (χ1n) is 6.69. The average molecular weight is 279 g/mol. The van der Waals surface area contributed by atoms with Gasteiger partial charge in [-0.15, -0.1) is 0 Å². The lowest BCUT2D eigenvalue weighted by atomic mass is 10.1. The summed E-state index contributed by atoms with van der Waals surface area (Å²) >= 11 is 0. The lowest BCUT2D eigenvalue weighted by Crippen LogP contribution is -2.09. The molecule has 0 unspecified atom stereocenters. The van der Waals surface area contributed by atoms with Crippen LogP contribution in [0.15, 0.2) is 60.3 Å². The van der Waals surface area contributed by atoms with Gasteiger partial charge in [-0.2, -0.15) is 0 Å². The minimum absolute atomic E-state index is 0.646. The fraction of sp³-hybridized carbons (Fsp3) is 0.111. The first-order valence-corrected chi connectivity index (χ1v) is 6.69. The summed E-state index contributed by atoms with van der Waals surface area (Å²) in [7, 11) is 0. The Labute approximate surface area is 124 Å². The fourth-order valence-corrected chi connectivity index (χ4v) is 1.98. The number of carbonyl (C=O) groups is 2. The quantitative estimate of drug-likeness (QED) is 0.762. The fourth-order valence-electron chi connectivity index (χ4n) is 1.98. The van der Waals surface area contributed by atoms with E-state index in [0.29, 0.717) is 11.1 Å². The normalized spacial score (nSPS) is 9.81. The molecule has 0 N–H and O–H groups in total. The van der Waals surface area contributed by atoms with Crippen molar-refractivity contribution in [2.75, 3.05) is 4.90 Å². The lowest BCUT2D eigenvalue weighted by molar-refractivity contribution is 0.111. The molecular formula is C18H17NO2. The van der Waals surface area contributed by atoms with Crippen LogP contribution in [0.3, 0.4) is 0 Å². The smallest absolute Gasteiger partial charge is 0.150 e. The van der Waals surface area contributed by atoms with Gasteiger partial charge in [0.1, 0.15) is 12.6 Å². The van der Waals surface area contributed by atoms with Gasteiger partial charge in [-0.25, -0.2) is 0 Å². The maximum absolute atomic E-state index is 10.7. The van der Waals surface area contributed by atoms with E-state index < -0.39 is 0 Å². The van der Waals surface area contributed by atoms with Gasteiger partial charge in [-0.1, -0.05) is 5.57 Å². The zero-order valence-electron chi connectivity index (χ0n) is 12.1. The Morgan fingerprint density at radius 2 is 1.14 bits per heavy atom. The molecule has 0 atom stereocenters. The molecule has 2 aromatic rings. The number of aldehydes is 2. The summed E-state index contributed by atoms with van der Waals surface area (Å²) in [6, 6.07) is 14.7. The summed E-state index contributed by atoms with van der Waals surface area (Å²) in [5, 5.41) is 0. The Bertz CT molecular complexity index is 599. The Balaban J connectivity index is 2.43. The van der Waals surface area contributed by atoms with E-state index in [4.69, 9.17) is 0 Å². The van der Waals surface area contributed by atoms with Crippen molar-refractivity contribution in [2.24, 2.45) is 0 Å².